The van der Waals surface area contributed by atoms with Crippen LogP contribution in [0.2, 0.25) is 5.02 Å². The molecule has 3 aromatic rings. The maximum atomic E-state index is 13.1. The Kier molecular flexibility index (Phi) is 8.29. The van der Waals surface area contributed by atoms with Gasteiger partial charge in [0.15, 0.2) is 5.82 Å². The second-order valence-electron chi connectivity index (χ2n) is 6.89. The maximum Gasteiger partial charge on any atom is 0.491 e. The number of hydrogen-bond acceptors (Lipinski definition) is 6. The molecule has 0 spiro atoms. The number of phosphoric acid groups is 1. The van der Waals surface area contributed by atoms with Crippen LogP contribution < -0.4 is 9.80 Å². The summed E-state index contributed by atoms with van der Waals surface area (Å²) in [6, 6.07) is 10.3. The quantitative estimate of drug-likeness (QED) is 0.195. The molecule has 3 rings (SSSR count). The van der Waals surface area contributed by atoms with E-state index in [1.165, 1.54) is 24.3 Å². The van der Waals surface area contributed by atoms with Crippen molar-refractivity contribution in [3.8, 4) is 11.5 Å². The van der Waals surface area contributed by atoms with Gasteiger partial charge < -0.3 is 14.5 Å². The molecular formula is C20H16ClF5N3O5P. The van der Waals surface area contributed by atoms with E-state index in [2.05, 4.69) is 14.6 Å². The summed E-state index contributed by atoms with van der Waals surface area (Å²) in [6.45, 7) is -0.246. The smallest absolute Gasteiger partial charge is 0.457 e. The molecule has 1 aromatic heterocycles. The van der Waals surface area contributed by atoms with Crippen molar-refractivity contribution in [1.29, 1.82) is 0 Å². The Morgan fingerprint density at radius 1 is 1.00 bits per heavy atom. The lowest BCUT2D eigenvalue weighted by Crippen LogP contribution is -2.26. The Morgan fingerprint density at radius 2 is 1.57 bits per heavy atom. The van der Waals surface area contributed by atoms with Crippen LogP contribution in [0, 0.1) is 0 Å². The van der Waals surface area contributed by atoms with Crippen molar-refractivity contribution in [2.75, 3.05) is 11.6 Å². The molecular weight excluding hydrogens is 524 g/mol. The zero-order valence-electron chi connectivity index (χ0n) is 17.4. The molecule has 0 saturated heterocycles. The zero-order valence-corrected chi connectivity index (χ0v) is 19.0. The lowest BCUT2D eigenvalue weighted by Gasteiger charge is -2.24. The molecule has 0 unspecified atom stereocenters. The number of aromatic nitrogens is 2. The van der Waals surface area contributed by atoms with Gasteiger partial charge in [-0.05, 0) is 48.4 Å². The van der Waals surface area contributed by atoms with Crippen molar-refractivity contribution in [3.05, 3.63) is 76.7 Å². The SMILES string of the molecule is O=P(O)(O)ON(CCc1ccc(Oc2ccc(C(F)(F)F)cc2)cc1)c1ncnc(C(F)F)c1Cl. The predicted molar refractivity (Wildman–Crippen MR) is 114 cm³/mol. The van der Waals surface area contributed by atoms with E-state index in [1.54, 1.807) is 12.1 Å². The Bertz CT molecular complexity index is 1190. The van der Waals surface area contributed by atoms with Crippen molar-refractivity contribution >= 4 is 25.2 Å². The summed E-state index contributed by atoms with van der Waals surface area (Å²) in [5, 5.41) is -0.0280. The molecule has 0 bridgehead atoms. The van der Waals surface area contributed by atoms with Gasteiger partial charge in [-0.1, -0.05) is 23.7 Å². The van der Waals surface area contributed by atoms with Crippen LogP contribution in [0.3, 0.4) is 0 Å². The first-order valence-electron chi connectivity index (χ1n) is 9.59. The molecule has 2 N–H and O–H groups in total. The van der Waals surface area contributed by atoms with Crippen LogP contribution in [0.15, 0.2) is 54.9 Å². The van der Waals surface area contributed by atoms with Gasteiger partial charge in [-0.25, -0.2) is 28.4 Å². The number of anilines is 1. The molecule has 0 aliphatic rings. The van der Waals surface area contributed by atoms with Gasteiger partial charge in [0.25, 0.3) is 6.43 Å². The largest absolute Gasteiger partial charge is 0.491 e. The highest BCUT2D eigenvalue weighted by molar-refractivity contribution is 7.46. The number of benzene rings is 2. The number of hydrogen-bond donors (Lipinski definition) is 2. The van der Waals surface area contributed by atoms with Crippen LogP contribution in [0.1, 0.15) is 23.2 Å². The summed E-state index contributed by atoms with van der Waals surface area (Å²) in [4.78, 5) is 25.4. The summed E-state index contributed by atoms with van der Waals surface area (Å²) in [5.41, 5.74) is -1.03. The Hall–Kier alpha value is -2.83. The van der Waals surface area contributed by atoms with Crippen LogP contribution in [0.25, 0.3) is 0 Å². The fraction of sp³-hybridized carbons (Fsp3) is 0.200. The first-order chi connectivity index (χ1) is 16.3. The molecule has 0 radical (unpaired) electrons. The average Bonchev–Trinajstić information content (AvgIpc) is 2.77. The number of nitrogens with zero attached hydrogens (tertiary/aromatic N) is 3. The van der Waals surface area contributed by atoms with E-state index in [0.29, 0.717) is 16.4 Å². The summed E-state index contributed by atoms with van der Waals surface area (Å²) >= 11 is 5.88. The second kappa shape index (κ2) is 10.8. The van der Waals surface area contributed by atoms with Gasteiger partial charge in [-0.3, -0.25) is 0 Å². The molecule has 0 atom stereocenters. The number of ether oxygens (including phenoxy) is 1. The number of alkyl halides is 5. The summed E-state index contributed by atoms with van der Waals surface area (Å²) in [5.74, 6) is 0.0417. The van der Waals surface area contributed by atoms with E-state index in [9.17, 15) is 36.3 Å². The van der Waals surface area contributed by atoms with Crippen LogP contribution in [-0.4, -0.2) is 26.3 Å². The van der Waals surface area contributed by atoms with Gasteiger partial charge in [0.2, 0.25) is 0 Å². The topological polar surface area (TPSA) is 105 Å². The van der Waals surface area contributed by atoms with E-state index < -0.39 is 42.5 Å². The molecule has 8 nitrogen and oxygen atoms in total. The predicted octanol–water partition coefficient (Wildman–Crippen LogP) is 5.95. The third-order valence-corrected chi connectivity index (χ3v) is 5.16. The van der Waals surface area contributed by atoms with Crippen molar-refractivity contribution in [3.63, 3.8) is 0 Å². The second-order valence-corrected chi connectivity index (χ2v) is 8.41. The molecule has 15 heteroatoms. The van der Waals surface area contributed by atoms with Gasteiger partial charge in [0, 0.05) is 0 Å². The number of rotatable bonds is 9. The number of halogens is 6. The van der Waals surface area contributed by atoms with Gasteiger partial charge in [-0.2, -0.15) is 17.8 Å². The fourth-order valence-corrected chi connectivity index (χ4v) is 3.51. The standard InChI is InChI=1S/C20H16ClF5N3O5P/c21-16-17(18(22)23)27-11-28-19(16)29(34-35(30,31)32)10-9-12-1-5-14(6-2-12)33-15-7-3-13(4-8-15)20(24,25)26/h1-8,11,18H,9-10H2,(H2,30,31,32). The maximum absolute atomic E-state index is 13.1. The molecule has 35 heavy (non-hydrogen) atoms. The molecule has 0 aliphatic heterocycles. The van der Waals surface area contributed by atoms with E-state index in [1.807, 2.05) is 0 Å². The van der Waals surface area contributed by atoms with Crippen LogP contribution in [0.4, 0.5) is 27.8 Å². The highest BCUT2D eigenvalue weighted by atomic mass is 35.5. The summed E-state index contributed by atoms with van der Waals surface area (Å²) in [7, 11) is -5.10. The third-order valence-electron chi connectivity index (χ3n) is 4.39. The summed E-state index contributed by atoms with van der Waals surface area (Å²) in [6.07, 6.45) is -6.66. The molecule has 0 fully saturated rings. The van der Waals surface area contributed by atoms with Gasteiger partial charge in [0.1, 0.15) is 28.5 Å². The molecule has 0 aliphatic carbocycles. The summed E-state index contributed by atoms with van der Waals surface area (Å²) < 4.78 is 85.6. The Morgan fingerprint density at radius 3 is 2.09 bits per heavy atom. The van der Waals surface area contributed by atoms with E-state index in [0.717, 1.165) is 18.5 Å². The van der Waals surface area contributed by atoms with E-state index in [4.69, 9.17) is 16.3 Å². The minimum atomic E-state index is -5.10. The Balaban J connectivity index is 1.70. The first kappa shape index (κ1) is 26.8. The van der Waals surface area contributed by atoms with Gasteiger partial charge in [0.05, 0.1) is 12.1 Å². The highest BCUT2D eigenvalue weighted by Crippen LogP contribution is 2.41. The average molecular weight is 540 g/mol. The van der Waals surface area contributed by atoms with Crippen molar-refractivity contribution in [2.24, 2.45) is 0 Å². The first-order valence-corrected chi connectivity index (χ1v) is 11.5. The normalized spacial score (nSPS) is 12.1. The van der Waals surface area contributed by atoms with Crippen LogP contribution in [-0.2, 0) is 21.8 Å². The van der Waals surface area contributed by atoms with Crippen molar-refractivity contribution in [2.45, 2.75) is 19.0 Å². The minimum Gasteiger partial charge on any atom is -0.457 e. The van der Waals surface area contributed by atoms with E-state index >= 15 is 0 Å². The zero-order chi connectivity index (χ0) is 25.8. The fourth-order valence-electron chi connectivity index (χ4n) is 2.82. The lowest BCUT2D eigenvalue weighted by atomic mass is 10.1. The van der Waals surface area contributed by atoms with E-state index in [-0.39, 0.29) is 18.7 Å². The van der Waals surface area contributed by atoms with Crippen LogP contribution >= 0.6 is 19.4 Å². The Labute approximate surface area is 200 Å². The van der Waals surface area contributed by atoms with Crippen molar-refractivity contribution < 1.29 is 45.7 Å². The van der Waals surface area contributed by atoms with Crippen LogP contribution in [0.5, 0.6) is 11.5 Å². The molecule has 0 amide bonds. The molecule has 2 aromatic carbocycles. The number of hydroxylamine groups is 1. The minimum absolute atomic E-state index is 0.102. The monoisotopic (exact) mass is 539 g/mol. The molecule has 0 saturated carbocycles. The third kappa shape index (κ3) is 7.58. The van der Waals surface area contributed by atoms with Crippen molar-refractivity contribution in [1.82, 2.24) is 9.97 Å². The van der Waals surface area contributed by atoms with Gasteiger partial charge >= 0.3 is 14.0 Å². The van der Waals surface area contributed by atoms with Gasteiger partial charge in [-0.15, -0.1) is 0 Å². The lowest BCUT2D eigenvalue weighted by molar-refractivity contribution is -0.137. The molecule has 1 heterocycles. The molecule has 188 valence electrons. The highest BCUT2D eigenvalue weighted by Gasteiger charge is 2.30.